The van der Waals surface area contributed by atoms with E-state index in [4.69, 9.17) is 0 Å². The van der Waals surface area contributed by atoms with Crippen LogP contribution in [0.4, 0.5) is 11.4 Å². The quantitative estimate of drug-likeness (QED) is 0.676. The number of non-ortho nitro benzene ring substituents is 1. The number of carbonyl (C=O) groups is 1. The molecule has 1 amide bonds. The molecule has 0 bridgehead atoms. The van der Waals surface area contributed by atoms with E-state index in [0.29, 0.717) is 18.2 Å². The molecule has 1 heterocycles. The number of benzene rings is 1. The van der Waals surface area contributed by atoms with Crippen molar-refractivity contribution in [3.05, 3.63) is 34.4 Å². The maximum Gasteiger partial charge on any atom is 0.271 e. The molecule has 1 aromatic carbocycles. The second kappa shape index (κ2) is 6.47. The number of amides is 1. The smallest absolute Gasteiger partial charge is 0.271 e. The minimum Gasteiger partial charge on any atom is -0.325 e. The molecule has 0 aliphatic carbocycles. The SMILES string of the molecule is C[C@@H]1CCCN(CC(=O)Nc2cccc([N+](=O)[O-])c2)C1. The largest absolute Gasteiger partial charge is 0.325 e. The number of rotatable bonds is 4. The molecule has 2 rings (SSSR count). The third kappa shape index (κ3) is 4.03. The van der Waals surface area contributed by atoms with Gasteiger partial charge in [-0.05, 0) is 31.4 Å². The van der Waals surface area contributed by atoms with Crippen molar-refractivity contribution in [3.8, 4) is 0 Å². The van der Waals surface area contributed by atoms with Crippen LogP contribution in [0, 0.1) is 16.0 Å². The number of nitrogens with one attached hydrogen (secondary N) is 1. The van der Waals surface area contributed by atoms with E-state index in [0.717, 1.165) is 19.5 Å². The molecule has 1 aliphatic heterocycles. The zero-order valence-electron chi connectivity index (χ0n) is 11.5. The Morgan fingerprint density at radius 1 is 1.55 bits per heavy atom. The van der Waals surface area contributed by atoms with Crippen LogP contribution < -0.4 is 5.32 Å². The molecule has 1 saturated heterocycles. The van der Waals surface area contributed by atoms with Crippen LogP contribution in [0.25, 0.3) is 0 Å². The summed E-state index contributed by atoms with van der Waals surface area (Å²) < 4.78 is 0. The minimum atomic E-state index is -0.470. The van der Waals surface area contributed by atoms with Gasteiger partial charge in [0.25, 0.3) is 5.69 Å². The summed E-state index contributed by atoms with van der Waals surface area (Å²) in [6.45, 7) is 4.40. The first-order valence-electron chi connectivity index (χ1n) is 6.81. The number of piperidine rings is 1. The highest BCUT2D eigenvalue weighted by molar-refractivity contribution is 5.92. The molecular weight excluding hydrogens is 258 g/mol. The van der Waals surface area contributed by atoms with E-state index in [1.807, 2.05) is 0 Å². The third-order valence-electron chi connectivity index (χ3n) is 3.45. The summed E-state index contributed by atoms with van der Waals surface area (Å²) in [6.07, 6.45) is 2.33. The summed E-state index contributed by atoms with van der Waals surface area (Å²) in [7, 11) is 0. The Bertz CT molecular complexity index is 504. The number of likely N-dealkylation sites (tertiary alicyclic amines) is 1. The topological polar surface area (TPSA) is 75.5 Å². The molecule has 0 saturated carbocycles. The first-order valence-corrected chi connectivity index (χ1v) is 6.81. The molecule has 6 heteroatoms. The Hall–Kier alpha value is -1.95. The van der Waals surface area contributed by atoms with Gasteiger partial charge in [0.2, 0.25) is 5.91 Å². The van der Waals surface area contributed by atoms with Crippen LogP contribution in [0.2, 0.25) is 0 Å². The molecule has 0 radical (unpaired) electrons. The lowest BCUT2D eigenvalue weighted by atomic mass is 10.0. The third-order valence-corrected chi connectivity index (χ3v) is 3.45. The Labute approximate surface area is 117 Å². The maximum absolute atomic E-state index is 11.9. The zero-order chi connectivity index (χ0) is 14.5. The second-order valence-corrected chi connectivity index (χ2v) is 5.34. The minimum absolute atomic E-state index is 0.0191. The fourth-order valence-electron chi connectivity index (χ4n) is 2.53. The first-order chi connectivity index (χ1) is 9.54. The lowest BCUT2D eigenvalue weighted by Gasteiger charge is -2.30. The molecule has 0 spiro atoms. The van der Waals surface area contributed by atoms with E-state index in [1.54, 1.807) is 12.1 Å². The van der Waals surface area contributed by atoms with Crippen LogP contribution >= 0.6 is 0 Å². The van der Waals surface area contributed by atoms with Crippen molar-refractivity contribution in [2.24, 2.45) is 5.92 Å². The standard InChI is InChI=1S/C14H19N3O3/c1-11-4-3-7-16(9-11)10-14(18)15-12-5-2-6-13(8-12)17(19)20/h2,5-6,8,11H,3-4,7,9-10H2,1H3,(H,15,18)/t11-/m1/s1. The predicted molar refractivity (Wildman–Crippen MR) is 76.6 cm³/mol. The van der Waals surface area contributed by atoms with Crippen LogP contribution in [0.15, 0.2) is 24.3 Å². The van der Waals surface area contributed by atoms with E-state index in [9.17, 15) is 14.9 Å². The summed E-state index contributed by atoms with van der Waals surface area (Å²) in [5, 5.41) is 13.4. The van der Waals surface area contributed by atoms with Crippen LogP contribution in [0.5, 0.6) is 0 Å². The molecule has 108 valence electrons. The molecular formula is C14H19N3O3. The van der Waals surface area contributed by atoms with Crippen molar-refractivity contribution >= 4 is 17.3 Å². The number of hydrogen-bond acceptors (Lipinski definition) is 4. The van der Waals surface area contributed by atoms with E-state index >= 15 is 0 Å². The molecule has 1 N–H and O–H groups in total. The molecule has 1 aliphatic rings. The molecule has 1 aromatic rings. The number of nitrogens with zero attached hydrogens (tertiary/aromatic N) is 2. The van der Waals surface area contributed by atoms with E-state index < -0.39 is 4.92 Å². The number of nitro benzene ring substituents is 1. The summed E-state index contributed by atoms with van der Waals surface area (Å²) in [5.41, 5.74) is 0.448. The summed E-state index contributed by atoms with van der Waals surface area (Å²) >= 11 is 0. The number of nitro groups is 1. The molecule has 1 fully saturated rings. The highest BCUT2D eigenvalue weighted by Crippen LogP contribution is 2.18. The fourth-order valence-corrected chi connectivity index (χ4v) is 2.53. The summed E-state index contributed by atoms with van der Waals surface area (Å²) in [6, 6.07) is 6.00. The molecule has 6 nitrogen and oxygen atoms in total. The van der Waals surface area contributed by atoms with Crippen molar-refractivity contribution < 1.29 is 9.72 Å². The highest BCUT2D eigenvalue weighted by atomic mass is 16.6. The van der Waals surface area contributed by atoms with Crippen molar-refractivity contribution in [1.82, 2.24) is 4.90 Å². The van der Waals surface area contributed by atoms with Gasteiger partial charge in [-0.25, -0.2) is 0 Å². The Kier molecular flexibility index (Phi) is 4.68. The lowest BCUT2D eigenvalue weighted by molar-refractivity contribution is -0.384. The predicted octanol–water partition coefficient (Wildman–Crippen LogP) is 2.27. The number of anilines is 1. The second-order valence-electron chi connectivity index (χ2n) is 5.34. The van der Waals surface area contributed by atoms with Crippen molar-refractivity contribution in [2.45, 2.75) is 19.8 Å². The van der Waals surface area contributed by atoms with Crippen LogP contribution in [0.1, 0.15) is 19.8 Å². The van der Waals surface area contributed by atoms with Gasteiger partial charge in [0.05, 0.1) is 11.5 Å². The van der Waals surface area contributed by atoms with Gasteiger partial charge >= 0.3 is 0 Å². The van der Waals surface area contributed by atoms with Crippen LogP contribution in [0.3, 0.4) is 0 Å². The van der Waals surface area contributed by atoms with E-state index in [-0.39, 0.29) is 11.6 Å². The van der Waals surface area contributed by atoms with Gasteiger partial charge in [0.1, 0.15) is 0 Å². The van der Waals surface area contributed by atoms with Crippen molar-refractivity contribution in [3.63, 3.8) is 0 Å². The first kappa shape index (κ1) is 14.5. The molecule has 1 atom stereocenters. The number of carbonyl (C=O) groups excluding carboxylic acids is 1. The fraction of sp³-hybridized carbons (Fsp3) is 0.500. The average Bonchev–Trinajstić information content (AvgIpc) is 2.38. The summed E-state index contributed by atoms with van der Waals surface area (Å²) in [4.78, 5) is 24.3. The van der Waals surface area contributed by atoms with Crippen molar-refractivity contribution in [2.75, 3.05) is 25.0 Å². The maximum atomic E-state index is 11.9. The van der Waals surface area contributed by atoms with Gasteiger partial charge < -0.3 is 5.32 Å². The van der Waals surface area contributed by atoms with Gasteiger partial charge in [-0.2, -0.15) is 0 Å². The normalized spacial score (nSPS) is 19.6. The Balaban J connectivity index is 1.91. The number of hydrogen-bond donors (Lipinski definition) is 1. The van der Waals surface area contributed by atoms with Gasteiger partial charge in [0, 0.05) is 24.4 Å². The van der Waals surface area contributed by atoms with Gasteiger partial charge in [-0.3, -0.25) is 19.8 Å². The lowest BCUT2D eigenvalue weighted by Crippen LogP contribution is -2.39. The highest BCUT2D eigenvalue weighted by Gasteiger charge is 2.18. The van der Waals surface area contributed by atoms with Gasteiger partial charge in [-0.1, -0.05) is 13.0 Å². The summed E-state index contributed by atoms with van der Waals surface area (Å²) in [5.74, 6) is 0.494. The average molecular weight is 277 g/mol. The van der Waals surface area contributed by atoms with Gasteiger partial charge in [0.15, 0.2) is 0 Å². The van der Waals surface area contributed by atoms with Crippen LogP contribution in [-0.2, 0) is 4.79 Å². The van der Waals surface area contributed by atoms with Crippen molar-refractivity contribution in [1.29, 1.82) is 0 Å². The Morgan fingerprint density at radius 3 is 3.05 bits per heavy atom. The zero-order valence-corrected chi connectivity index (χ0v) is 11.5. The Morgan fingerprint density at radius 2 is 2.35 bits per heavy atom. The molecule has 0 unspecified atom stereocenters. The molecule has 20 heavy (non-hydrogen) atoms. The van der Waals surface area contributed by atoms with E-state index in [2.05, 4.69) is 17.1 Å². The molecule has 0 aromatic heterocycles. The van der Waals surface area contributed by atoms with Gasteiger partial charge in [-0.15, -0.1) is 0 Å². The monoisotopic (exact) mass is 277 g/mol. The van der Waals surface area contributed by atoms with Crippen LogP contribution in [-0.4, -0.2) is 35.4 Å². The van der Waals surface area contributed by atoms with E-state index in [1.165, 1.54) is 18.6 Å².